The summed E-state index contributed by atoms with van der Waals surface area (Å²) in [5.74, 6) is 0.423. The van der Waals surface area contributed by atoms with Gasteiger partial charge in [-0.3, -0.25) is 4.98 Å². The van der Waals surface area contributed by atoms with Gasteiger partial charge >= 0.3 is 0 Å². The molecule has 0 fully saturated rings. The zero-order chi connectivity index (χ0) is 13.9. The maximum Gasteiger partial charge on any atom is 0.220 e. The molecular weight excluding hydrogens is 252 g/mol. The summed E-state index contributed by atoms with van der Waals surface area (Å²) in [7, 11) is 0. The summed E-state index contributed by atoms with van der Waals surface area (Å²) in [6.45, 7) is 0. The van der Waals surface area contributed by atoms with Gasteiger partial charge in [-0.05, 0) is 42.0 Å². The van der Waals surface area contributed by atoms with Gasteiger partial charge in [-0.25, -0.2) is 9.97 Å². The van der Waals surface area contributed by atoms with E-state index in [1.165, 1.54) is 0 Å². The predicted molar refractivity (Wildman–Crippen MR) is 76.8 cm³/mol. The number of pyridine rings is 1. The van der Waals surface area contributed by atoms with Crippen molar-refractivity contribution in [1.29, 1.82) is 0 Å². The lowest BCUT2D eigenvalue weighted by Crippen LogP contribution is -1.98. The first-order valence-corrected chi connectivity index (χ1v) is 6.06. The molecule has 0 radical (unpaired) electrons. The van der Waals surface area contributed by atoms with Crippen LogP contribution in [0.1, 0.15) is 0 Å². The van der Waals surface area contributed by atoms with Crippen LogP contribution in [0.4, 0.5) is 5.95 Å². The number of nitrogen functional groups attached to an aromatic ring is 1. The molecule has 5 heteroatoms. The van der Waals surface area contributed by atoms with Gasteiger partial charge in [-0.2, -0.15) is 0 Å². The van der Waals surface area contributed by atoms with Gasteiger partial charge in [-0.15, -0.1) is 0 Å². The van der Waals surface area contributed by atoms with Crippen LogP contribution in [0.15, 0.2) is 55.0 Å². The first-order valence-electron chi connectivity index (χ1n) is 6.06. The van der Waals surface area contributed by atoms with E-state index in [0.29, 0.717) is 0 Å². The molecule has 1 aromatic carbocycles. The van der Waals surface area contributed by atoms with Crippen molar-refractivity contribution in [3.05, 3.63) is 55.0 Å². The minimum Gasteiger partial charge on any atom is -0.508 e. The molecule has 5 nitrogen and oxygen atoms in total. The van der Waals surface area contributed by atoms with Crippen molar-refractivity contribution in [2.45, 2.75) is 0 Å². The normalized spacial score (nSPS) is 10.4. The Labute approximate surface area is 115 Å². The van der Waals surface area contributed by atoms with Crippen molar-refractivity contribution in [1.82, 2.24) is 15.0 Å². The average molecular weight is 264 g/mol. The molecule has 0 bridgehead atoms. The van der Waals surface area contributed by atoms with Crippen LogP contribution in [0, 0.1) is 0 Å². The molecule has 0 atom stereocenters. The van der Waals surface area contributed by atoms with E-state index in [2.05, 4.69) is 15.0 Å². The largest absolute Gasteiger partial charge is 0.508 e. The van der Waals surface area contributed by atoms with E-state index in [0.717, 1.165) is 22.4 Å². The number of benzene rings is 1. The van der Waals surface area contributed by atoms with Crippen molar-refractivity contribution in [2.75, 3.05) is 5.73 Å². The zero-order valence-electron chi connectivity index (χ0n) is 10.6. The number of hydrogen-bond acceptors (Lipinski definition) is 5. The van der Waals surface area contributed by atoms with Gasteiger partial charge in [0.2, 0.25) is 5.95 Å². The number of nitrogens with two attached hydrogens (primary N) is 1. The minimum atomic E-state index is 0.209. The standard InChI is InChI=1S/C15H12N4O/c16-15-18-9-13(10-5-7-17-8-6-10)14(19-15)11-1-3-12(20)4-2-11/h1-9,20H,(H2,16,18,19). The number of nitrogens with zero attached hydrogens (tertiary/aromatic N) is 3. The molecule has 0 amide bonds. The van der Waals surface area contributed by atoms with Crippen LogP contribution in [0.2, 0.25) is 0 Å². The van der Waals surface area contributed by atoms with Gasteiger partial charge < -0.3 is 10.8 Å². The molecule has 2 aromatic heterocycles. The topological polar surface area (TPSA) is 84.9 Å². The van der Waals surface area contributed by atoms with E-state index >= 15 is 0 Å². The van der Waals surface area contributed by atoms with E-state index in [9.17, 15) is 5.11 Å². The van der Waals surface area contributed by atoms with Crippen molar-refractivity contribution in [2.24, 2.45) is 0 Å². The lowest BCUT2D eigenvalue weighted by Gasteiger charge is -2.09. The zero-order valence-corrected chi connectivity index (χ0v) is 10.6. The fourth-order valence-corrected chi connectivity index (χ4v) is 1.98. The van der Waals surface area contributed by atoms with Crippen LogP contribution in [0.25, 0.3) is 22.4 Å². The molecule has 0 spiro atoms. The Morgan fingerprint density at radius 2 is 1.60 bits per heavy atom. The quantitative estimate of drug-likeness (QED) is 0.742. The van der Waals surface area contributed by atoms with Crippen molar-refractivity contribution in [3.8, 4) is 28.1 Å². The summed E-state index contributed by atoms with van der Waals surface area (Å²) in [4.78, 5) is 12.4. The predicted octanol–water partition coefficient (Wildman–Crippen LogP) is 2.49. The number of aromatic nitrogens is 3. The van der Waals surface area contributed by atoms with Crippen molar-refractivity contribution >= 4 is 5.95 Å². The Balaban J connectivity index is 2.19. The highest BCUT2D eigenvalue weighted by atomic mass is 16.3. The number of rotatable bonds is 2. The summed E-state index contributed by atoms with van der Waals surface area (Å²) in [6, 6.07) is 10.6. The average Bonchev–Trinajstić information content (AvgIpc) is 2.49. The molecule has 98 valence electrons. The second kappa shape index (κ2) is 4.97. The third-order valence-electron chi connectivity index (χ3n) is 2.94. The van der Waals surface area contributed by atoms with Crippen LogP contribution in [-0.4, -0.2) is 20.1 Å². The van der Waals surface area contributed by atoms with Gasteiger partial charge in [0.15, 0.2) is 0 Å². The summed E-state index contributed by atoms with van der Waals surface area (Å²) >= 11 is 0. The molecule has 0 aliphatic rings. The number of hydrogen-bond donors (Lipinski definition) is 2. The number of anilines is 1. The van der Waals surface area contributed by atoms with Gasteiger partial charge in [-0.1, -0.05) is 0 Å². The van der Waals surface area contributed by atoms with Crippen LogP contribution < -0.4 is 5.73 Å². The third-order valence-corrected chi connectivity index (χ3v) is 2.94. The fourth-order valence-electron chi connectivity index (χ4n) is 1.98. The summed E-state index contributed by atoms with van der Waals surface area (Å²) in [6.07, 6.45) is 5.12. The van der Waals surface area contributed by atoms with E-state index in [4.69, 9.17) is 5.73 Å². The van der Waals surface area contributed by atoms with Gasteiger partial charge in [0, 0.05) is 29.7 Å². The molecule has 3 rings (SSSR count). The maximum atomic E-state index is 9.38. The Morgan fingerprint density at radius 3 is 2.30 bits per heavy atom. The van der Waals surface area contributed by atoms with Crippen LogP contribution >= 0.6 is 0 Å². The smallest absolute Gasteiger partial charge is 0.220 e. The Kier molecular flexibility index (Phi) is 3.01. The highest BCUT2D eigenvalue weighted by Crippen LogP contribution is 2.30. The number of phenolic OH excluding ortho intramolecular Hbond substituents is 1. The van der Waals surface area contributed by atoms with Crippen LogP contribution in [0.5, 0.6) is 5.75 Å². The Hall–Kier alpha value is -2.95. The second-order valence-corrected chi connectivity index (χ2v) is 4.27. The van der Waals surface area contributed by atoms with E-state index in [1.807, 2.05) is 12.1 Å². The monoisotopic (exact) mass is 264 g/mol. The highest BCUT2D eigenvalue weighted by molar-refractivity contribution is 5.80. The van der Waals surface area contributed by atoms with Crippen LogP contribution in [-0.2, 0) is 0 Å². The molecule has 20 heavy (non-hydrogen) atoms. The summed E-state index contributed by atoms with van der Waals surface area (Å²) in [5.41, 5.74) is 9.11. The first-order chi connectivity index (χ1) is 9.74. The first kappa shape index (κ1) is 12.1. The second-order valence-electron chi connectivity index (χ2n) is 4.27. The summed E-state index contributed by atoms with van der Waals surface area (Å²) in [5, 5.41) is 9.38. The third kappa shape index (κ3) is 2.29. The van der Waals surface area contributed by atoms with Crippen molar-refractivity contribution < 1.29 is 5.11 Å². The van der Waals surface area contributed by atoms with E-state index < -0.39 is 0 Å². The van der Waals surface area contributed by atoms with Gasteiger partial charge in [0.1, 0.15) is 5.75 Å². The fraction of sp³-hybridized carbons (Fsp3) is 0. The maximum absolute atomic E-state index is 9.38. The molecule has 0 aliphatic heterocycles. The number of aromatic hydroxyl groups is 1. The Morgan fingerprint density at radius 1 is 0.900 bits per heavy atom. The molecule has 0 saturated carbocycles. The minimum absolute atomic E-state index is 0.209. The SMILES string of the molecule is Nc1ncc(-c2ccncc2)c(-c2ccc(O)cc2)n1. The molecule has 3 aromatic rings. The van der Waals surface area contributed by atoms with Crippen LogP contribution in [0.3, 0.4) is 0 Å². The lowest BCUT2D eigenvalue weighted by atomic mass is 10.0. The van der Waals surface area contributed by atoms with Gasteiger partial charge in [0.05, 0.1) is 5.69 Å². The molecule has 0 aliphatic carbocycles. The molecular formula is C15H12N4O. The summed E-state index contributed by atoms with van der Waals surface area (Å²) < 4.78 is 0. The van der Waals surface area contributed by atoms with E-state index in [1.54, 1.807) is 42.9 Å². The van der Waals surface area contributed by atoms with Gasteiger partial charge in [0.25, 0.3) is 0 Å². The lowest BCUT2D eigenvalue weighted by molar-refractivity contribution is 0.475. The highest BCUT2D eigenvalue weighted by Gasteiger charge is 2.10. The Bertz CT molecular complexity index is 727. The molecule has 2 heterocycles. The van der Waals surface area contributed by atoms with Crippen molar-refractivity contribution in [3.63, 3.8) is 0 Å². The molecule has 3 N–H and O–H groups in total. The number of phenols is 1. The molecule has 0 saturated heterocycles. The molecule has 0 unspecified atom stereocenters. The van der Waals surface area contributed by atoms with E-state index in [-0.39, 0.29) is 11.7 Å².